The topological polar surface area (TPSA) is 15.8 Å². The van der Waals surface area contributed by atoms with E-state index >= 15 is 0 Å². The molecule has 28 heavy (non-hydrogen) atoms. The first-order valence-corrected chi connectivity index (χ1v) is 11.3. The van der Waals surface area contributed by atoms with Gasteiger partial charge in [0.15, 0.2) is 0 Å². The SMILES string of the molecule is c1ccc([P+](c2ccccc2)(c2ccccc2)c2cccc3cc[nH]c23)cc1. The van der Waals surface area contributed by atoms with E-state index < -0.39 is 7.26 Å². The first-order chi connectivity index (χ1) is 13.9. The van der Waals surface area contributed by atoms with Gasteiger partial charge < -0.3 is 4.98 Å². The molecular formula is C26H21NP+. The van der Waals surface area contributed by atoms with E-state index in [0.717, 1.165) is 0 Å². The Hall–Kier alpha value is -3.15. The van der Waals surface area contributed by atoms with Gasteiger partial charge in [-0.15, -0.1) is 0 Å². The lowest BCUT2D eigenvalue weighted by atomic mass is 10.2. The van der Waals surface area contributed by atoms with Crippen molar-refractivity contribution in [3.05, 3.63) is 121 Å². The highest BCUT2D eigenvalue weighted by molar-refractivity contribution is 8.01. The lowest BCUT2D eigenvalue weighted by molar-refractivity contribution is 1.49. The average molecular weight is 378 g/mol. The normalized spacial score (nSPS) is 11.6. The third-order valence-corrected chi connectivity index (χ3v) is 9.67. The minimum Gasteiger partial charge on any atom is -0.358 e. The molecule has 0 unspecified atom stereocenters. The van der Waals surface area contributed by atoms with E-state index in [1.807, 2.05) is 6.20 Å². The predicted molar refractivity (Wildman–Crippen MR) is 123 cm³/mol. The summed E-state index contributed by atoms with van der Waals surface area (Å²) in [6.45, 7) is 0. The standard InChI is InChI=1S/C26H21NP/c1-4-12-22(13-5-1)28(23-14-6-2-7-15-23,24-16-8-3-9-17-24)25-18-10-11-21-19-20-27-26(21)25/h1-20,27H/q+1. The molecule has 5 aromatic rings. The maximum atomic E-state index is 3.53. The van der Waals surface area contributed by atoms with Crippen LogP contribution in [0.4, 0.5) is 0 Å². The Morgan fingerprint density at radius 3 is 1.46 bits per heavy atom. The van der Waals surface area contributed by atoms with Crippen LogP contribution in [0.5, 0.6) is 0 Å². The summed E-state index contributed by atoms with van der Waals surface area (Å²) in [6, 6.07) is 41.8. The van der Waals surface area contributed by atoms with Crippen molar-refractivity contribution in [1.29, 1.82) is 0 Å². The summed E-state index contributed by atoms with van der Waals surface area (Å²) < 4.78 is 0. The Kier molecular flexibility index (Phi) is 4.31. The van der Waals surface area contributed by atoms with Gasteiger partial charge in [-0.1, -0.05) is 66.7 Å². The van der Waals surface area contributed by atoms with Gasteiger partial charge in [0.1, 0.15) is 28.5 Å². The van der Waals surface area contributed by atoms with Crippen LogP contribution in [0.25, 0.3) is 10.9 Å². The van der Waals surface area contributed by atoms with Crippen LogP contribution in [0, 0.1) is 0 Å². The average Bonchev–Trinajstić information content (AvgIpc) is 3.26. The molecule has 0 fully saturated rings. The second-order valence-corrected chi connectivity index (χ2v) is 10.3. The number of nitrogens with one attached hydrogen (secondary N) is 1. The van der Waals surface area contributed by atoms with E-state index in [1.165, 1.54) is 32.1 Å². The second-order valence-electron chi connectivity index (χ2n) is 6.90. The van der Waals surface area contributed by atoms with Gasteiger partial charge in [-0.2, -0.15) is 0 Å². The molecule has 134 valence electrons. The molecule has 0 bridgehead atoms. The third kappa shape index (κ3) is 2.59. The van der Waals surface area contributed by atoms with E-state index in [-0.39, 0.29) is 0 Å². The Bertz CT molecular complexity index is 1100. The fourth-order valence-electron chi connectivity index (χ4n) is 4.17. The van der Waals surface area contributed by atoms with E-state index in [0.29, 0.717) is 0 Å². The molecule has 0 atom stereocenters. The van der Waals surface area contributed by atoms with Crippen molar-refractivity contribution in [2.75, 3.05) is 0 Å². The summed E-state index contributed by atoms with van der Waals surface area (Å²) in [7, 11) is -2.05. The molecule has 5 rings (SSSR count). The van der Waals surface area contributed by atoms with Crippen molar-refractivity contribution in [3.8, 4) is 0 Å². The summed E-state index contributed by atoms with van der Waals surface area (Å²) in [5.74, 6) is 0. The highest BCUT2D eigenvalue weighted by Crippen LogP contribution is 2.55. The molecule has 0 spiro atoms. The molecule has 0 saturated carbocycles. The summed E-state index contributed by atoms with van der Waals surface area (Å²) >= 11 is 0. The van der Waals surface area contributed by atoms with Gasteiger partial charge in [0.2, 0.25) is 0 Å². The number of para-hydroxylation sites is 1. The summed E-state index contributed by atoms with van der Waals surface area (Å²) in [6.07, 6.45) is 2.05. The Balaban J connectivity index is 1.98. The van der Waals surface area contributed by atoms with Crippen LogP contribution in [0.15, 0.2) is 121 Å². The lowest BCUT2D eigenvalue weighted by Crippen LogP contribution is -2.39. The van der Waals surface area contributed by atoms with Gasteiger partial charge in [-0.05, 0) is 48.5 Å². The van der Waals surface area contributed by atoms with Crippen LogP contribution in [0.1, 0.15) is 0 Å². The van der Waals surface area contributed by atoms with Crippen LogP contribution in [0.3, 0.4) is 0 Å². The minimum absolute atomic E-state index is 1.23. The predicted octanol–water partition coefficient (Wildman–Crippen LogP) is 4.79. The Labute approximate surface area is 166 Å². The number of H-pyrrole nitrogens is 1. The van der Waals surface area contributed by atoms with Crippen molar-refractivity contribution in [2.24, 2.45) is 0 Å². The molecule has 0 aliphatic carbocycles. The molecule has 0 radical (unpaired) electrons. The fourth-order valence-corrected chi connectivity index (χ4v) is 8.59. The first kappa shape index (κ1) is 17.0. The quantitative estimate of drug-likeness (QED) is 0.433. The van der Waals surface area contributed by atoms with Gasteiger partial charge in [0, 0.05) is 11.6 Å². The summed E-state index contributed by atoms with van der Waals surface area (Å²) in [5, 5.41) is 6.74. The van der Waals surface area contributed by atoms with E-state index in [9.17, 15) is 0 Å². The fraction of sp³-hybridized carbons (Fsp3) is 0. The van der Waals surface area contributed by atoms with Crippen molar-refractivity contribution in [1.82, 2.24) is 4.98 Å². The zero-order valence-corrected chi connectivity index (χ0v) is 16.4. The van der Waals surface area contributed by atoms with E-state index in [4.69, 9.17) is 0 Å². The number of benzene rings is 4. The van der Waals surface area contributed by atoms with Crippen LogP contribution in [0.2, 0.25) is 0 Å². The van der Waals surface area contributed by atoms with Gasteiger partial charge in [0.25, 0.3) is 0 Å². The molecule has 0 aliphatic rings. The van der Waals surface area contributed by atoms with Gasteiger partial charge in [-0.25, -0.2) is 0 Å². The molecule has 4 aromatic carbocycles. The van der Waals surface area contributed by atoms with Gasteiger partial charge >= 0.3 is 0 Å². The highest BCUT2D eigenvalue weighted by atomic mass is 31.2. The maximum Gasteiger partial charge on any atom is 0.146 e. The molecule has 1 nitrogen and oxygen atoms in total. The largest absolute Gasteiger partial charge is 0.358 e. The van der Waals surface area contributed by atoms with Crippen molar-refractivity contribution < 1.29 is 0 Å². The summed E-state index contributed by atoms with van der Waals surface area (Å²) in [4.78, 5) is 3.53. The van der Waals surface area contributed by atoms with Gasteiger partial charge in [0.05, 0.1) is 5.52 Å². The highest BCUT2D eigenvalue weighted by Gasteiger charge is 2.48. The zero-order valence-electron chi connectivity index (χ0n) is 15.5. The Morgan fingerprint density at radius 1 is 0.464 bits per heavy atom. The van der Waals surface area contributed by atoms with Crippen LogP contribution in [-0.4, -0.2) is 4.98 Å². The number of aromatic amines is 1. The molecule has 0 amide bonds. The van der Waals surface area contributed by atoms with Crippen LogP contribution in [-0.2, 0) is 0 Å². The van der Waals surface area contributed by atoms with Crippen LogP contribution < -0.4 is 21.2 Å². The molecule has 1 aromatic heterocycles. The molecule has 1 N–H and O–H groups in total. The van der Waals surface area contributed by atoms with Crippen molar-refractivity contribution in [3.63, 3.8) is 0 Å². The second kappa shape index (κ2) is 7.11. The number of hydrogen-bond acceptors (Lipinski definition) is 0. The molecular weight excluding hydrogens is 357 g/mol. The van der Waals surface area contributed by atoms with E-state index in [2.05, 4.69) is 120 Å². The first-order valence-electron chi connectivity index (χ1n) is 9.53. The third-order valence-electron chi connectivity index (χ3n) is 5.36. The number of hydrogen-bond donors (Lipinski definition) is 1. The van der Waals surface area contributed by atoms with Crippen molar-refractivity contribution in [2.45, 2.75) is 0 Å². The smallest absolute Gasteiger partial charge is 0.146 e. The zero-order chi connectivity index (χ0) is 18.8. The molecule has 0 aliphatic heterocycles. The maximum absolute atomic E-state index is 3.53. The molecule has 0 saturated heterocycles. The number of fused-ring (bicyclic) bond motifs is 1. The molecule has 1 heterocycles. The monoisotopic (exact) mass is 378 g/mol. The summed E-state index contributed by atoms with van der Waals surface area (Å²) in [5.41, 5.74) is 1.23. The number of rotatable bonds is 4. The Morgan fingerprint density at radius 2 is 0.964 bits per heavy atom. The van der Waals surface area contributed by atoms with Crippen molar-refractivity contribution >= 4 is 39.4 Å². The molecule has 2 heteroatoms. The lowest BCUT2D eigenvalue weighted by Gasteiger charge is -2.28. The minimum atomic E-state index is -2.05. The van der Waals surface area contributed by atoms with Crippen LogP contribution >= 0.6 is 7.26 Å². The van der Waals surface area contributed by atoms with Gasteiger partial charge in [-0.3, -0.25) is 0 Å². The van der Waals surface area contributed by atoms with E-state index in [1.54, 1.807) is 0 Å². The number of aromatic nitrogens is 1.